The van der Waals surface area contributed by atoms with E-state index in [1.165, 1.54) is 0 Å². The van der Waals surface area contributed by atoms with Crippen molar-refractivity contribution in [3.05, 3.63) is 33.8 Å². The highest BCUT2D eigenvalue weighted by Crippen LogP contribution is 2.31. The summed E-state index contributed by atoms with van der Waals surface area (Å²) in [7, 11) is 0. The Kier molecular flexibility index (Phi) is 5.91. The summed E-state index contributed by atoms with van der Waals surface area (Å²) in [6, 6.07) is 5.54. The van der Waals surface area contributed by atoms with Crippen molar-refractivity contribution >= 4 is 29.2 Å². The van der Waals surface area contributed by atoms with Gasteiger partial charge in [-0.25, -0.2) is 0 Å². The Morgan fingerprint density at radius 1 is 1.38 bits per heavy atom. The standard InChI is InChI=1S/C16H21Cl2NO2/c1-10(13-7-6-12(17)8-15(13)18)19-9-11-4-2-3-5-14(11)16(20)21/h6-8,10-11,14,19H,2-5,9H2,1H3,(H,20,21). The van der Waals surface area contributed by atoms with Gasteiger partial charge in [-0.3, -0.25) is 4.79 Å². The molecule has 2 rings (SSSR count). The number of carboxylic acids is 1. The van der Waals surface area contributed by atoms with E-state index in [-0.39, 0.29) is 17.9 Å². The largest absolute Gasteiger partial charge is 0.481 e. The van der Waals surface area contributed by atoms with Crippen molar-refractivity contribution in [1.82, 2.24) is 5.32 Å². The van der Waals surface area contributed by atoms with Gasteiger partial charge < -0.3 is 10.4 Å². The van der Waals surface area contributed by atoms with Gasteiger partial charge in [-0.1, -0.05) is 42.1 Å². The number of carbonyl (C=O) groups is 1. The van der Waals surface area contributed by atoms with Crippen LogP contribution in [-0.2, 0) is 4.79 Å². The smallest absolute Gasteiger partial charge is 0.306 e. The number of nitrogens with one attached hydrogen (secondary N) is 1. The molecular weight excluding hydrogens is 309 g/mol. The predicted octanol–water partition coefficient (Wildman–Crippen LogP) is 4.54. The van der Waals surface area contributed by atoms with Crippen LogP contribution in [0.1, 0.15) is 44.2 Å². The summed E-state index contributed by atoms with van der Waals surface area (Å²) in [4.78, 5) is 11.3. The molecule has 1 saturated carbocycles. The number of aliphatic carboxylic acids is 1. The van der Waals surface area contributed by atoms with Crippen molar-refractivity contribution in [2.45, 2.75) is 38.6 Å². The maximum absolute atomic E-state index is 11.3. The van der Waals surface area contributed by atoms with E-state index in [1.807, 2.05) is 19.1 Å². The second kappa shape index (κ2) is 7.48. The van der Waals surface area contributed by atoms with Gasteiger partial charge in [0.1, 0.15) is 0 Å². The summed E-state index contributed by atoms with van der Waals surface area (Å²) in [6.45, 7) is 2.74. The molecule has 0 spiro atoms. The molecule has 5 heteroatoms. The van der Waals surface area contributed by atoms with Gasteiger partial charge in [0.2, 0.25) is 0 Å². The van der Waals surface area contributed by atoms with Crippen LogP contribution in [0.25, 0.3) is 0 Å². The molecule has 1 aromatic rings. The zero-order chi connectivity index (χ0) is 15.4. The highest BCUT2D eigenvalue weighted by Gasteiger charge is 2.30. The van der Waals surface area contributed by atoms with E-state index >= 15 is 0 Å². The van der Waals surface area contributed by atoms with Crippen LogP contribution < -0.4 is 5.32 Å². The third kappa shape index (κ3) is 4.35. The van der Waals surface area contributed by atoms with Gasteiger partial charge in [0, 0.05) is 16.1 Å². The fourth-order valence-corrected chi connectivity index (χ4v) is 3.64. The number of hydrogen-bond acceptors (Lipinski definition) is 2. The summed E-state index contributed by atoms with van der Waals surface area (Å²) >= 11 is 12.1. The molecule has 1 fully saturated rings. The molecule has 1 aliphatic carbocycles. The monoisotopic (exact) mass is 329 g/mol. The van der Waals surface area contributed by atoms with Crippen molar-refractivity contribution in [2.24, 2.45) is 11.8 Å². The summed E-state index contributed by atoms with van der Waals surface area (Å²) in [5.74, 6) is -0.692. The molecule has 0 radical (unpaired) electrons. The second-order valence-electron chi connectivity index (χ2n) is 5.79. The Hall–Kier alpha value is -0.770. The van der Waals surface area contributed by atoms with Gasteiger partial charge in [-0.05, 0) is 49.9 Å². The van der Waals surface area contributed by atoms with Crippen LogP contribution in [0.4, 0.5) is 0 Å². The molecule has 0 saturated heterocycles. The lowest BCUT2D eigenvalue weighted by Gasteiger charge is -2.30. The van der Waals surface area contributed by atoms with Crippen LogP contribution in [0.5, 0.6) is 0 Å². The Bertz CT molecular complexity index is 507. The molecule has 0 heterocycles. The lowest BCUT2D eigenvalue weighted by atomic mass is 9.79. The van der Waals surface area contributed by atoms with E-state index in [2.05, 4.69) is 5.32 Å². The van der Waals surface area contributed by atoms with Crippen molar-refractivity contribution in [3.8, 4) is 0 Å². The Balaban J connectivity index is 1.96. The van der Waals surface area contributed by atoms with Crippen molar-refractivity contribution in [3.63, 3.8) is 0 Å². The zero-order valence-corrected chi connectivity index (χ0v) is 13.6. The molecule has 0 aliphatic heterocycles. The van der Waals surface area contributed by atoms with Gasteiger partial charge in [-0.15, -0.1) is 0 Å². The van der Waals surface area contributed by atoms with Crippen LogP contribution >= 0.6 is 23.2 Å². The first kappa shape index (κ1) is 16.6. The maximum atomic E-state index is 11.3. The third-order valence-corrected chi connectivity index (χ3v) is 4.90. The Morgan fingerprint density at radius 2 is 2.10 bits per heavy atom. The maximum Gasteiger partial charge on any atom is 0.306 e. The molecule has 3 nitrogen and oxygen atoms in total. The van der Waals surface area contributed by atoms with E-state index in [9.17, 15) is 9.90 Å². The van der Waals surface area contributed by atoms with Crippen LogP contribution in [0.2, 0.25) is 10.0 Å². The molecule has 116 valence electrons. The lowest BCUT2D eigenvalue weighted by molar-refractivity contribution is -0.144. The summed E-state index contributed by atoms with van der Waals surface area (Å²) in [5, 5.41) is 14.0. The summed E-state index contributed by atoms with van der Waals surface area (Å²) in [5.41, 5.74) is 0.990. The van der Waals surface area contributed by atoms with E-state index < -0.39 is 5.97 Å². The second-order valence-corrected chi connectivity index (χ2v) is 6.63. The SMILES string of the molecule is CC(NCC1CCCCC1C(=O)O)c1ccc(Cl)cc1Cl. The minimum Gasteiger partial charge on any atom is -0.481 e. The first-order valence-corrected chi connectivity index (χ1v) is 8.15. The molecule has 21 heavy (non-hydrogen) atoms. The predicted molar refractivity (Wildman–Crippen MR) is 86.0 cm³/mol. The molecule has 3 atom stereocenters. The Labute approximate surface area is 135 Å². The molecule has 1 aliphatic rings. The normalized spacial score (nSPS) is 23.8. The van der Waals surface area contributed by atoms with Gasteiger partial charge in [0.05, 0.1) is 5.92 Å². The highest BCUT2D eigenvalue weighted by atomic mass is 35.5. The fraction of sp³-hybridized carbons (Fsp3) is 0.562. The van der Waals surface area contributed by atoms with Crippen molar-refractivity contribution < 1.29 is 9.90 Å². The number of halogens is 2. The lowest BCUT2D eigenvalue weighted by Crippen LogP contribution is -2.35. The minimum atomic E-state index is -0.668. The molecular formula is C16H21Cl2NO2. The number of rotatable bonds is 5. The van der Waals surface area contributed by atoms with Gasteiger partial charge >= 0.3 is 5.97 Å². The molecule has 3 unspecified atom stereocenters. The van der Waals surface area contributed by atoms with Crippen LogP contribution in [0, 0.1) is 11.8 Å². The number of hydrogen-bond donors (Lipinski definition) is 2. The summed E-state index contributed by atoms with van der Waals surface area (Å²) in [6.07, 6.45) is 3.90. The van der Waals surface area contributed by atoms with Crippen LogP contribution in [0.3, 0.4) is 0 Å². The number of carboxylic acid groups (broad SMARTS) is 1. The quantitative estimate of drug-likeness (QED) is 0.833. The average molecular weight is 330 g/mol. The summed E-state index contributed by atoms with van der Waals surface area (Å²) < 4.78 is 0. The zero-order valence-electron chi connectivity index (χ0n) is 12.1. The molecule has 0 aromatic heterocycles. The average Bonchev–Trinajstić information content (AvgIpc) is 2.45. The van der Waals surface area contributed by atoms with Gasteiger partial charge in [0.25, 0.3) is 0 Å². The van der Waals surface area contributed by atoms with E-state index in [0.29, 0.717) is 16.6 Å². The highest BCUT2D eigenvalue weighted by molar-refractivity contribution is 6.35. The van der Waals surface area contributed by atoms with Crippen LogP contribution in [-0.4, -0.2) is 17.6 Å². The minimum absolute atomic E-state index is 0.0751. The topological polar surface area (TPSA) is 49.3 Å². The van der Waals surface area contributed by atoms with E-state index in [4.69, 9.17) is 23.2 Å². The molecule has 0 bridgehead atoms. The van der Waals surface area contributed by atoms with Crippen LogP contribution in [0.15, 0.2) is 18.2 Å². The fourth-order valence-electron chi connectivity index (χ4n) is 3.07. The molecule has 1 aromatic carbocycles. The Morgan fingerprint density at radius 3 is 2.76 bits per heavy atom. The molecule has 2 N–H and O–H groups in total. The first-order valence-electron chi connectivity index (χ1n) is 7.40. The molecule has 0 amide bonds. The van der Waals surface area contributed by atoms with Gasteiger partial charge in [0.15, 0.2) is 0 Å². The van der Waals surface area contributed by atoms with Crippen molar-refractivity contribution in [2.75, 3.05) is 6.54 Å². The van der Waals surface area contributed by atoms with Crippen molar-refractivity contribution in [1.29, 1.82) is 0 Å². The van der Waals surface area contributed by atoms with E-state index in [0.717, 1.165) is 31.2 Å². The number of benzene rings is 1. The first-order chi connectivity index (χ1) is 9.99. The van der Waals surface area contributed by atoms with Gasteiger partial charge in [-0.2, -0.15) is 0 Å². The third-order valence-electron chi connectivity index (χ3n) is 4.34. The van der Waals surface area contributed by atoms with E-state index in [1.54, 1.807) is 6.07 Å².